The van der Waals surface area contributed by atoms with Crippen molar-refractivity contribution in [2.75, 3.05) is 6.61 Å². The van der Waals surface area contributed by atoms with Crippen LogP contribution in [0.5, 0.6) is 0 Å². The van der Waals surface area contributed by atoms with Crippen LogP contribution in [-0.2, 0) is 6.54 Å². The van der Waals surface area contributed by atoms with E-state index in [4.69, 9.17) is 0 Å². The Morgan fingerprint density at radius 3 is 2.46 bits per heavy atom. The number of benzene rings is 2. The van der Waals surface area contributed by atoms with E-state index in [0.29, 0.717) is 12.1 Å². The summed E-state index contributed by atoms with van der Waals surface area (Å²) in [4.78, 5) is 12.1. The summed E-state index contributed by atoms with van der Waals surface area (Å²) in [6.45, 7) is 0.390. The number of nitrogens with one attached hydrogen (secondary N) is 2. The van der Waals surface area contributed by atoms with Crippen LogP contribution >= 0.6 is 0 Å². The maximum absolute atomic E-state index is 12.1. The molecule has 0 aliphatic heterocycles. The van der Waals surface area contributed by atoms with Crippen molar-refractivity contribution < 1.29 is 9.90 Å². The van der Waals surface area contributed by atoms with Gasteiger partial charge in [-0.1, -0.05) is 55.3 Å². The molecule has 0 saturated heterocycles. The molecule has 1 aliphatic carbocycles. The highest BCUT2D eigenvalue weighted by molar-refractivity contribution is 5.75. The van der Waals surface area contributed by atoms with Gasteiger partial charge in [0.05, 0.1) is 23.8 Å². The first-order valence-corrected chi connectivity index (χ1v) is 8.91. The molecule has 1 saturated carbocycles. The van der Waals surface area contributed by atoms with Crippen molar-refractivity contribution in [3.8, 4) is 17.2 Å². The predicted molar refractivity (Wildman–Crippen MR) is 100 cm³/mol. The Bertz CT molecular complexity index is 803. The predicted octanol–water partition coefficient (Wildman–Crippen LogP) is 3.33. The quantitative estimate of drug-likeness (QED) is 0.774. The van der Waals surface area contributed by atoms with Crippen LogP contribution < -0.4 is 10.6 Å². The minimum Gasteiger partial charge on any atom is -0.394 e. The second kappa shape index (κ2) is 8.03. The summed E-state index contributed by atoms with van der Waals surface area (Å²) in [5.41, 5.74) is 3.03. The smallest absolute Gasteiger partial charge is 0.315 e. The highest BCUT2D eigenvalue weighted by atomic mass is 16.3. The minimum absolute atomic E-state index is 0.0204. The fourth-order valence-corrected chi connectivity index (χ4v) is 3.48. The van der Waals surface area contributed by atoms with Gasteiger partial charge in [0.2, 0.25) is 0 Å². The van der Waals surface area contributed by atoms with Gasteiger partial charge in [-0.25, -0.2) is 4.79 Å². The average molecular weight is 349 g/mol. The van der Waals surface area contributed by atoms with Gasteiger partial charge in [0, 0.05) is 6.54 Å². The van der Waals surface area contributed by atoms with Gasteiger partial charge in [-0.15, -0.1) is 0 Å². The van der Waals surface area contributed by atoms with Gasteiger partial charge in [-0.3, -0.25) is 0 Å². The minimum atomic E-state index is -0.463. The third-order valence-electron chi connectivity index (χ3n) is 5.01. The highest BCUT2D eigenvalue weighted by Gasteiger charge is 2.34. The summed E-state index contributed by atoms with van der Waals surface area (Å²) in [6.07, 6.45) is 3.72. The molecule has 0 radical (unpaired) electrons. The monoisotopic (exact) mass is 349 g/mol. The van der Waals surface area contributed by atoms with Crippen molar-refractivity contribution in [1.82, 2.24) is 10.6 Å². The van der Waals surface area contributed by atoms with E-state index in [-0.39, 0.29) is 12.6 Å². The van der Waals surface area contributed by atoms with E-state index < -0.39 is 5.54 Å². The largest absolute Gasteiger partial charge is 0.394 e. The number of rotatable bonds is 5. The Hall–Kier alpha value is -2.84. The summed E-state index contributed by atoms with van der Waals surface area (Å²) in [5, 5.41) is 24.6. The SMILES string of the molecule is N#Cc1ccccc1-c1ccc(CNC(=O)NC2(CO)CCCC2)cc1. The van der Waals surface area contributed by atoms with Gasteiger partial charge < -0.3 is 15.7 Å². The van der Waals surface area contributed by atoms with Crippen molar-refractivity contribution in [3.63, 3.8) is 0 Å². The van der Waals surface area contributed by atoms with E-state index >= 15 is 0 Å². The van der Waals surface area contributed by atoms with Crippen LogP contribution in [0.3, 0.4) is 0 Å². The van der Waals surface area contributed by atoms with Gasteiger partial charge in [0.25, 0.3) is 0 Å². The van der Waals surface area contributed by atoms with Crippen LogP contribution in [-0.4, -0.2) is 23.3 Å². The van der Waals surface area contributed by atoms with E-state index in [2.05, 4.69) is 16.7 Å². The van der Waals surface area contributed by atoms with Gasteiger partial charge in [-0.2, -0.15) is 5.26 Å². The first-order valence-electron chi connectivity index (χ1n) is 8.91. The lowest BCUT2D eigenvalue weighted by atomic mass is 9.99. The fraction of sp³-hybridized carbons (Fsp3) is 0.333. The molecule has 5 nitrogen and oxygen atoms in total. The number of aliphatic hydroxyl groups excluding tert-OH is 1. The molecular formula is C21H23N3O2. The number of carbonyl (C=O) groups is 1. The Kier molecular flexibility index (Phi) is 5.55. The molecule has 5 heteroatoms. The van der Waals surface area contributed by atoms with E-state index in [9.17, 15) is 15.2 Å². The van der Waals surface area contributed by atoms with Gasteiger partial charge in [0.1, 0.15) is 0 Å². The number of amides is 2. The molecule has 2 amide bonds. The molecule has 0 atom stereocenters. The highest BCUT2D eigenvalue weighted by Crippen LogP contribution is 2.29. The molecule has 0 aromatic heterocycles. The van der Waals surface area contributed by atoms with Crippen LogP contribution in [0.25, 0.3) is 11.1 Å². The molecule has 26 heavy (non-hydrogen) atoms. The molecule has 3 rings (SSSR count). The third kappa shape index (κ3) is 4.04. The van der Waals surface area contributed by atoms with Crippen LogP contribution in [0.4, 0.5) is 4.79 Å². The van der Waals surface area contributed by atoms with Crippen LogP contribution in [0.2, 0.25) is 0 Å². The molecule has 0 bridgehead atoms. The lowest BCUT2D eigenvalue weighted by molar-refractivity contribution is 0.163. The van der Waals surface area contributed by atoms with E-state index in [1.165, 1.54) is 0 Å². The number of nitrogens with zero attached hydrogens (tertiary/aromatic N) is 1. The molecule has 0 unspecified atom stereocenters. The lowest BCUT2D eigenvalue weighted by Crippen LogP contribution is -2.52. The molecule has 3 N–H and O–H groups in total. The summed E-state index contributed by atoms with van der Waals surface area (Å²) < 4.78 is 0. The third-order valence-corrected chi connectivity index (χ3v) is 5.01. The fourth-order valence-electron chi connectivity index (χ4n) is 3.48. The van der Waals surface area contributed by atoms with E-state index in [0.717, 1.165) is 42.4 Å². The molecule has 1 fully saturated rings. The molecule has 2 aromatic rings. The van der Waals surface area contributed by atoms with Crippen molar-refractivity contribution >= 4 is 6.03 Å². The number of aliphatic hydroxyl groups is 1. The second-order valence-electron chi connectivity index (χ2n) is 6.81. The summed E-state index contributed by atoms with van der Waals surface area (Å²) >= 11 is 0. The molecule has 2 aromatic carbocycles. The maximum Gasteiger partial charge on any atom is 0.315 e. The van der Waals surface area contributed by atoms with Crippen LogP contribution in [0, 0.1) is 11.3 Å². The van der Waals surface area contributed by atoms with Gasteiger partial charge in [-0.05, 0) is 35.6 Å². The van der Waals surface area contributed by atoms with E-state index in [1.54, 1.807) is 6.07 Å². The Balaban J connectivity index is 1.59. The molecule has 0 heterocycles. The molecule has 134 valence electrons. The number of nitriles is 1. The van der Waals surface area contributed by atoms with Crippen molar-refractivity contribution in [2.24, 2.45) is 0 Å². The molecule has 1 aliphatic rings. The topological polar surface area (TPSA) is 85.2 Å². The first-order chi connectivity index (χ1) is 12.7. The average Bonchev–Trinajstić information content (AvgIpc) is 3.15. The van der Waals surface area contributed by atoms with Crippen molar-refractivity contribution in [2.45, 2.75) is 37.8 Å². The second-order valence-corrected chi connectivity index (χ2v) is 6.81. The number of carbonyl (C=O) groups excluding carboxylic acids is 1. The normalized spacial score (nSPS) is 15.2. The van der Waals surface area contributed by atoms with Crippen molar-refractivity contribution in [3.05, 3.63) is 59.7 Å². The van der Waals surface area contributed by atoms with E-state index in [1.807, 2.05) is 42.5 Å². The van der Waals surface area contributed by atoms with Gasteiger partial charge in [0.15, 0.2) is 0 Å². The zero-order chi connectivity index (χ0) is 18.4. The maximum atomic E-state index is 12.1. The zero-order valence-electron chi connectivity index (χ0n) is 14.7. The summed E-state index contributed by atoms with van der Waals surface area (Å²) in [5.74, 6) is 0. The lowest BCUT2D eigenvalue weighted by Gasteiger charge is -2.28. The Morgan fingerprint density at radius 2 is 1.81 bits per heavy atom. The number of hydrogen-bond donors (Lipinski definition) is 3. The Morgan fingerprint density at radius 1 is 1.12 bits per heavy atom. The van der Waals surface area contributed by atoms with Gasteiger partial charge >= 0.3 is 6.03 Å². The standard InChI is InChI=1S/C21H23N3O2/c22-13-18-5-1-2-6-19(18)17-9-7-16(8-10-17)14-23-20(26)24-21(15-25)11-3-4-12-21/h1-2,5-10,25H,3-4,11-12,14-15H2,(H2,23,24,26). The summed E-state index contributed by atoms with van der Waals surface area (Å²) in [7, 11) is 0. The molecule has 0 spiro atoms. The van der Waals surface area contributed by atoms with Crippen LogP contribution in [0.15, 0.2) is 48.5 Å². The summed E-state index contributed by atoms with van der Waals surface area (Å²) in [6, 6.07) is 17.2. The van der Waals surface area contributed by atoms with Crippen molar-refractivity contribution in [1.29, 1.82) is 5.26 Å². The number of urea groups is 1. The molecular weight excluding hydrogens is 326 g/mol. The Labute approximate surface area is 153 Å². The zero-order valence-corrected chi connectivity index (χ0v) is 14.7. The van der Waals surface area contributed by atoms with Crippen LogP contribution in [0.1, 0.15) is 36.8 Å². The first kappa shape index (κ1) is 18.0. The number of hydrogen-bond acceptors (Lipinski definition) is 3.